The number of fused-ring (bicyclic) bond motifs is 1. The van der Waals surface area contributed by atoms with Gasteiger partial charge >= 0.3 is 6.09 Å². The van der Waals surface area contributed by atoms with Crippen molar-refractivity contribution in [3.05, 3.63) is 47.5 Å². The van der Waals surface area contributed by atoms with Gasteiger partial charge in [0, 0.05) is 11.6 Å². The molecule has 5 nitrogen and oxygen atoms in total. The largest absolute Gasteiger partial charge is 0.493 e. The van der Waals surface area contributed by atoms with Crippen molar-refractivity contribution in [2.45, 2.75) is 53.0 Å². The number of hydrogen-bond donors (Lipinski definition) is 2. The average molecular weight is 398 g/mol. The van der Waals surface area contributed by atoms with E-state index in [0.717, 1.165) is 47.5 Å². The van der Waals surface area contributed by atoms with Gasteiger partial charge in [-0.15, -0.1) is 0 Å². The molecule has 156 valence electrons. The zero-order valence-electron chi connectivity index (χ0n) is 17.7. The predicted molar refractivity (Wildman–Crippen MR) is 115 cm³/mol. The minimum Gasteiger partial charge on any atom is -0.493 e. The van der Waals surface area contributed by atoms with Gasteiger partial charge in [-0.2, -0.15) is 0 Å². The van der Waals surface area contributed by atoms with E-state index in [-0.39, 0.29) is 11.5 Å². The van der Waals surface area contributed by atoms with Crippen LogP contribution in [0.2, 0.25) is 0 Å². The summed E-state index contributed by atoms with van der Waals surface area (Å²) >= 11 is 0. The third-order valence-corrected chi connectivity index (χ3v) is 5.35. The van der Waals surface area contributed by atoms with E-state index >= 15 is 0 Å². The third kappa shape index (κ3) is 4.66. The van der Waals surface area contributed by atoms with Crippen LogP contribution in [0.15, 0.2) is 36.4 Å². The van der Waals surface area contributed by atoms with Crippen LogP contribution in [0.3, 0.4) is 0 Å². The minimum atomic E-state index is -0.988. The van der Waals surface area contributed by atoms with Crippen molar-refractivity contribution in [1.29, 1.82) is 0 Å². The number of carbonyl (C=O) groups is 1. The van der Waals surface area contributed by atoms with Crippen molar-refractivity contribution < 1.29 is 19.4 Å². The number of amides is 1. The molecule has 0 aliphatic heterocycles. The maximum absolute atomic E-state index is 11.3. The molecule has 0 heterocycles. The molecule has 1 atom stereocenters. The highest BCUT2D eigenvalue weighted by Gasteiger charge is 2.40. The smallest absolute Gasteiger partial charge is 0.405 e. The Kier molecular flexibility index (Phi) is 6.36. The number of benzene rings is 2. The van der Waals surface area contributed by atoms with Gasteiger partial charge in [0.05, 0.1) is 19.3 Å². The van der Waals surface area contributed by atoms with Crippen LogP contribution in [0.4, 0.5) is 4.79 Å². The van der Waals surface area contributed by atoms with Crippen molar-refractivity contribution in [3.8, 4) is 22.6 Å². The van der Waals surface area contributed by atoms with Crippen LogP contribution < -0.4 is 14.8 Å². The molecule has 29 heavy (non-hydrogen) atoms. The lowest BCUT2D eigenvalue weighted by Gasteiger charge is -2.27. The second kappa shape index (κ2) is 8.76. The number of hydrogen-bond acceptors (Lipinski definition) is 3. The Morgan fingerprint density at radius 1 is 1.10 bits per heavy atom. The summed E-state index contributed by atoms with van der Waals surface area (Å²) in [6, 6.07) is 12.1. The van der Waals surface area contributed by atoms with E-state index < -0.39 is 6.09 Å². The molecule has 1 unspecified atom stereocenters. The molecule has 3 rings (SSSR count). The molecule has 1 aliphatic rings. The van der Waals surface area contributed by atoms with Crippen LogP contribution in [-0.4, -0.2) is 24.4 Å². The van der Waals surface area contributed by atoms with Crippen LogP contribution in [0, 0.1) is 5.41 Å². The molecule has 2 N–H and O–H groups in total. The molecule has 5 heteroatoms. The predicted octanol–water partition coefficient (Wildman–Crippen LogP) is 5.82. The lowest BCUT2D eigenvalue weighted by Crippen LogP contribution is -2.34. The Hall–Kier alpha value is -2.69. The molecule has 0 saturated heterocycles. The summed E-state index contributed by atoms with van der Waals surface area (Å²) in [5.41, 5.74) is 4.17. The summed E-state index contributed by atoms with van der Waals surface area (Å²) in [5.74, 6) is 1.63. The van der Waals surface area contributed by atoms with Crippen molar-refractivity contribution in [3.63, 3.8) is 0 Å². The minimum absolute atomic E-state index is 0.168. The first kappa shape index (κ1) is 21.0. The first-order valence-corrected chi connectivity index (χ1v) is 10.4. The SMILES string of the molecule is CCCOc1ccc(-c2ccc3c(c2)CC(C)(C)C3NC(=O)O)c(OCCC)c1. The van der Waals surface area contributed by atoms with E-state index in [1.54, 1.807) is 0 Å². The first-order valence-electron chi connectivity index (χ1n) is 10.4. The van der Waals surface area contributed by atoms with Gasteiger partial charge in [-0.25, -0.2) is 4.79 Å². The number of rotatable bonds is 8. The van der Waals surface area contributed by atoms with Crippen LogP contribution in [-0.2, 0) is 6.42 Å². The second-order valence-electron chi connectivity index (χ2n) is 8.32. The number of nitrogens with one attached hydrogen (secondary N) is 1. The zero-order valence-corrected chi connectivity index (χ0v) is 17.7. The maximum atomic E-state index is 11.3. The standard InChI is InChI=1S/C24H31NO4/c1-5-11-28-18-8-10-19(21(14-18)29-12-6-2)16-7-9-20-17(13-16)15-24(3,4)22(20)25-23(26)27/h7-10,13-14,22,25H,5-6,11-12,15H2,1-4H3,(H,26,27). The van der Waals surface area contributed by atoms with Crippen molar-refractivity contribution in [2.24, 2.45) is 5.41 Å². The molecule has 0 radical (unpaired) electrons. The molecular formula is C24H31NO4. The Labute approximate surface area is 173 Å². The van der Waals surface area contributed by atoms with Crippen LogP contribution in [0.25, 0.3) is 11.1 Å². The number of ether oxygens (including phenoxy) is 2. The Morgan fingerprint density at radius 3 is 2.52 bits per heavy atom. The summed E-state index contributed by atoms with van der Waals surface area (Å²) in [6.45, 7) is 9.70. The molecule has 0 bridgehead atoms. The molecule has 0 saturated carbocycles. The fourth-order valence-electron chi connectivity index (χ4n) is 4.00. The molecule has 0 aromatic heterocycles. The van der Waals surface area contributed by atoms with Gasteiger partial charge in [0.2, 0.25) is 0 Å². The fraction of sp³-hybridized carbons (Fsp3) is 0.458. The van der Waals surface area contributed by atoms with Gasteiger partial charge in [0.1, 0.15) is 11.5 Å². The molecule has 0 spiro atoms. The van der Waals surface area contributed by atoms with Crippen LogP contribution in [0.1, 0.15) is 57.7 Å². The Bertz CT molecular complexity index is 875. The number of carboxylic acid groups (broad SMARTS) is 1. The normalized spacial score (nSPS) is 16.9. The highest BCUT2D eigenvalue weighted by Crippen LogP contribution is 2.46. The van der Waals surface area contributed by atoms with Gasteiger partial charge in [-0.05, 0) is 53.5 Å². The molecule has 2 aromatic rings. The molecular weight excluding hydrogens is 366 g/mol. The average Bonchev–Trinajstić information content (AvgIpc) is 2.93. The summed E-state index contributed by atoms with van der Waals surface area (Å²) in [7, 11) is 0. The molecule has 1 aliphatic carbocycles. The van der Waals surface area contributed by atoms with Gasteiger partial charge in [0.15, 0.2) is 0 Å². The van der Waals surface area contributed by atoms with E-state index in [1.807, 2.05) is 24.3 Å². The second-order valence-corrected chi connectivity index (χ2v) is 8.32. The van der Waals surface area contributed by atoms with Crippen molar-refractivity contribution in [2.75, 3.05) is 13.2 Å². The van der Waals surface area contributed by atoms with Crippen LogP contribution in [0.5, 0.6) is 11.5 Å². The lowest BCUT2D eigenvalue weighted by atomic mass is 9.85. The molecule has 2 aromatic carbocycles. The Morgan fingerprint density at radius 2 is 1.83 bits per heavy atom. The zero-order chi connectivity index (χ0) is 21.0. The van der Waals surface area contributed by atoms with Gasteiger partial charge < -0.3 is 19.9 Å². The van der Waals surface area contributed by atoms with Crippen molar-refractivity contribution in [1.82, 2.24) is 5.32 Å². The van der Waals surface area contributed by atoms with E-state index in [1.165, 1.54) is 5.56 Å². The molecule has 1 amide bonds. The quantitative estimate of drug-likeness (QED) is 0.589. The summed E-state index contributed by atoms with van der Waals surface area (Å²) in [6.07, 6.45) is 1.72. The monoisotopic (exact) mass is 397 g/mol. The third-order valence-electron chi connectivity index (χ3n) is 5.35. The van der Waals surface area contributed by atoms with Gasteiger partial charge in [-0.1, -0.05) is 45.9 Å². The lowest BCUT2D eigenvalue weighted by molar-refractivity contribution is 0.175. The Balaban J connectivity index is 1.96. The van der Waals surface area contributed by atoms with E-state index in [2.05, 4.69) is 45.1 Å². The maximum Gasteiger partial charge on any atom is 0.405 e. The highest BCUT2D eigenvalue weighted by molar-refractivity contribution is 5.73. The fourth-order valence-corrected chi connectivity index (χ4v) is 4.00. The van der Waals surface area contributed by atoms with Gasteiger partial charge in [0.25, 0.3) is 0 Å². The summed E-state index contributed by atoms with van der Waals surface area (Å²) in [5, 5.41) is 11.9. The van der Waals surface area contributed by atoms with E-state index in [4.69, 9.17) is 9.47 Å². The summed E-state index contributed by atoms with van der Waals surface area (Å²) in [4.78, 5) is 11.3. The van der Waals surface area contributed by atoms with Crippen molar-refractivity contribution >= 4 is 6.09 Å². The summed E-state index contributed by atoms with van der Waals surface area (Å²) < 4.78 is 11.8. The first-order chi connectivity index (χ1) is 13.9. The van der Waals surface area contributed by atoms with E-state index in [9.17, 15) is 9.90 Å². The topological polar surface area (TPSA) is 67.8 Å². The molecule has 0 fully saturated rings. The highest BCUT2D eigenvalue weighted by atomic mass is 16.5. The van der Waals surface area contributed by atoms with Gasteiger partial charge in [-0.3, -0.25) is 0 Å². The van der Waals surface area contributed by atoms with Crippen LogP contribution >= 0.6 is 0 Å². The van der Waals surface area contributed by atoms with E-state index in [0.29, 0.717) is 13.2 Å².